The Labute approximate surface area is 139 Å². The van der Waals surface area contributed by atoms with Gasteiger partial charge in [0.25, 0.3) is 5.69 Å². The van der Waals surface area contributed by atoms with Crippen LogP contribution in [0.5, 0.6) is 0 Å². The Hall–Kier alpha value is -1.96. The van der Waals surface area contributed by atoms with E-state index in [0.29, 0.717) is 0 Å². The molecule has 0 N–H and O–H groups in total. The van der Waals surface area contributed by atoms with Crippen LogP contribution in [0.1, 0.15) is 18.5 Å². The first kappa shape index (κ1) is 17.4. The summed E-state index contributed by atoms with van der Waals surface area (Å²) < 4.78 is 26.6. The quantitative estimate of drug-likeness (QED) is 0.606. The van der Waals surface area contributed by atoms with Gasteiger partial charge in [0.2, 0.25) is 10.0 Å². The van der Waals surface area contributed by atoms with Crippen LogP contribution in [0.25, 0.3) is 0 Å². The van der Waals surface area contributed by atoms with Gasteiger partial charge in [-0.3, -0.25) is 10.1 Å². The van der Waals surface area contributed by atoms with E-state index in [-0.39, 0.29) is 9.92 Å². The zero-order chi connectivity index (χ0) is 17.2. The number of nitro groups is 1. The highest BCUT2D eigenvalue weighted by molar-refractivity contribution is 7.89. The largest absolute Gasteiger partial charge is 0.290 e. The second-order valence-corrected chi connectivity index (χ2v) is 7.38. The average Bonchev–Trinajstić information content (AvgIpc) is 2.53. The third-order valence-electron chi connectivity index (χ3n) is 3.60. The molecule has 0 spiro atoms. The molecule has 1 unspecified atom stereocenters. The van der Waals surface area contributed by atoms with Crippen molar-refractivity contribution in [1.29, 1.82) is 0 Å². The molecule has 2 aromatic carbocycles. The van der Waals surface area contributed by atoms with Crippen LogP contribution in [0, 0.1) is 10.1 Å². The second kappa shape index (κ2) is 6.66. The number of rotatable bonds is 5. The Kier molecular flexibility index (Phi) is 5.03. The van der Waals surface area contributed by atoms with Crippen molar-refractivity contribution < 1.29 is 13.3 Å². The first-order chi connectivity index (χ1) is 10.7. The molecule has 1 atom stereocenters. The van der Waals surface area contributed by atoms with Crippen molar-refractivity contribution in [3.63, 3.8) is 0 Å². The number of hydrogen-bond donors (Lipinski definition) is 0. The zero-order valence-electron chi connectivity index (χ0n) is 12.5. The van der Waals surface area contributed by atoms with E-state index in [1.165, 1.54) is 13.1 Å². The summed E-state index contributed by atoms with van der Waals surface area (Å²) >= 11 is 5.74. The first-order valence-electron chi connectivity index (χ1n) is 6.72. The van der Waals surface area contributed by atoms with Crippen molar-refractivity contribution in [3.8, 4) is 0 Å². The molecular weight excluding hydrogens is 340 g/mol. The molecule has 0 aliphatic carbocycles. The van der Waals surface area contributed by atoms with Crippen LogP contribution in [0.15, 0.2) is 53.4 Å². The number of sulfonamides is 1. The van der Waals surface area contributed by atoms with Crippen LogP contribution in [0.3, 0.4) is 0 Å². The Bertz CT molecular complexity index is 825. The highest BCUT2D eigenvalue weighted by atomic mass is 35.5. The van der Waals surface area contributed by atoms with Crippen molar-refractivity contribution in [2.24, 2.45) is 0 Å². The predicted octanol–water partition coefficient (Wildman–Crippen LogP) is 3.63. The predicted molar refractivity (Wildman–Crippen MR) is 87.9 cm³/mol. The Balaban J connectivity index is 2.48. The fourth-order valence-corrected chi connectivity index (χ4v) is 3.81. The fourth-order valence-electron chi connectivity index (χ4n) is 2.16. The highest BCUT2D eigenvalue weighted by Gasteiger charge is 2.32. The smallest absolute Gasteiger partial charge is 0.258 e. The summed E-state index contributed by atoms with van der Waals surface area (Å²) in [6, 6.07) is 12.1. The van der Waals surface area contributed by atoms with Crippen molar-refractivity contribution in [1.82, 2.24) is 4.31 Å². The Morgan fingerprint density at radius 1 is 1.17 bits per heavy atom. The van der Waals surface area contributed by atoms with E-state index in [1.54, 1.807) is 31.2 Å². The maximum absolute atomic E-state index is 12.8. The van der Waals surface area contributed by atoms with Gasteiger partial charge in [0, 0.05) is 24.2 Å². The molecular formula is C15H15ClN2O4S. The molecule has 8 heteroatoms. The van der Waals surface area contributed by atoms with Crippen LogP contribution in [-0.4, -0.2) is 24.7 Å². The van der Waals surface area contributed by atoms with Gasteiger partial charge in [-0.2, -0.15) is 4.31 Å². The molecule has 23 heavy (non-hydrogen) atoms. The normalized spacial score (nSPS) is 13.0. The second-order valence-electron chi connectivity index (χ2n) is 4.98. The van der Waals surface area contributed by atoms with E-state index in [1.807, 2.05) is 6.07 Å². The average molecular weight is 355 g/mol. The number of nitrogens with zero attached hydrogens (tertiary/aromatic N) is 2. The van der Waals surface area contributed by atoms with Crippen molar-refractivity contribution in [2.75, 3.05) is 7.05 Å². The summed E-state index contributed by atoms with van der Waals surface area (Å²) in [6.07, 6.45) is 0. The summed E-state index contributed by atoms with van der Waals surface area (Å²) in [6.45, 7) is 1.72. The summed E-state index contributed by atoms with van der Waals surface area (Å²) in [5.74, 6) is 0. The number of hydrogen-bond acceptors (Lipinski definition) is 4. The molecule has 0 saturated carbocycles. The molecule has 0 radical (unpaired) electrons. The lowest BCUT2D eigenvalue weighted by atomic mass is 10.1. The van der Waals surface area contributed by atoms with Crippen LogP contribution in [0.4, 0.5) is 5.69 Å². The maximum Gasteiger partial charge on any atom is 0.290 e. The summed E-state index contributed by atoms with van der Waals surface area (Å²) in [4.78, 5) is 10.0. The molecule has 0 heterocycles. The van der Waals surface area contributed by atoms with Crippen molar-refractivity contribution in [3.05, 3.63) is 69.2 Å². The minimum absolute atomic E-state index is 0.106. The monoisotopic (exact) mass is 354 g/mol. The molecule has 0 amide bonds. The summed E-state index contributed by atoms with van der Waals surface area (Å²) in [7, 11) is -2.65. The van der Waals surface area contributed by atoms with Gasteiger partial charge in [0.15, 0.2) is 4.90 Å². The van der Waals surface area contributed by atoms with Gasteiger partial charge in [-0.1, -0.05) is 41.9 Å². The highest BCUT2D eigenvalue weighted by Crippen LogP contribution is 2.32. The van der Waals surface area contributed by atoms with E-state index in [9.17, 15) is 18.5 Å². The van der Waals surface area contributed by atoms with E-state index < -0.39 is 26.7 Å². The van der Waals surface area contributed by atoms with Crippen LogP contribution < -0.4 is 0 Å². The maximum atomic E-state index is 12.8. The molecule has 2 rings (SSSR count). The number of halogens is 1. The summed E-state index contributed by atoms with van der Waals surface area (Å²) in [5.41, 5.74) is 0.250. The van der Waals surface area contributed by atoms with Gasteiger partial charge < -0.3 is 0 Å². The molecule has 0 bridgehead atoms. The molecule has 0 aromatic heterocycles. The van der Waals surface area contributed by atoms with Gasteiger partial charge >= 0.3 is 0 Å². The SMILES string of the molecule is CC(c1ccccc1)N(C)S(=O)(=O)c1ccc(Cl)cc1[N+](=O)[O-]. The molecule has 6 nitrogen and oxygen atoms in total. The standard InChI is InChI=1S/C15H15ClN2O4S/c1-11(12-6-4-3-5-7-12)17(2)23(21,22)15-9-8-13(16)10-14(15)18(19)20/h3-11H,1-2H3. The Morgan fingerprint density at radius 3 is 2.35 bits per heavy atom. The van der Waals surface area contributed by atoms with Gasteiger partial charge in [0.1, 0.15) is 0 Å². The van der Waals surface area contributed by atoms with Gasteiger partial charge in [-0.05, 0) is 24.6 Å². The first-order valence-corrected chi connectivity index (χ1v) is 8.54. The molecule has 0 aliphatic rings. The van der Waals surface area contributed by atoms with Crippen molar-refractivity contribution >= 4 is 27.3 Å². The van der Waals surface area contributed by atoms with E-state index in [4.69, 9.17) is 11.6 Å². The van der Waals surface area contributed by atoms with Crippen LogP contribution in [-0.2, 0) is 10.0 Å². The lowest BCUT2D eigenvalue weighted by Crippen LogP contribution is -2.30. The Morgan fingerprint density at radius 2 is 1.78 bits per heavy atom. The molecule has 2 aromatic rings. The topological polar surface area (TPSA) is 80.5 Å². The minimum Gasteiger partial charge on any atom is -0.258 e. The lowest BCUT2D eigenvalue weighted by Gasteiger charge is -2.24. The third kappa shape index (κ3) is 3.52. The van der Waals surface area contributed by atoms with Gasteiger partial charge in [-0.15, -0.1) is 0 Å². The molecule has 0 fully saturated rings. The summed E-state index contributed by atoms with van der Waals surface area (Å²) in [5, 5.41) is 11.3. The van der Waals surface area contributed by atoms with Crippen LogP contribution in [0.2, 0.25) is 5.02 Å². The number of nitro benzene ring substituents is 1. The van der Waals surface area contributed by atoms with Gasteiger partial charge in [0.05, 0.1) is 4.92 Å². The van der Waals surface area contributed by atoms with Crippen molar-refractivity contribution in [2.45, 2.75) is 17.9 Å². The fraction of sp³-hybridized carbons (Fsp3) is 0.200. The van der Waals surface area contributed by atoms with E-state index in [2.05, 4.69) is 0 Å². The molecule has 0 saturated heterocycles. The third-order valence-corrected chi connectivity index (χ3v) is 5.81. The van der Waals surface area contributed by atoms with Crippen LogP contribution >= 0.6 is 11.6 Å². The molecule has 0 aliphatic heterocycles. The molecule has 122 valence electrons. The zero-order valence-corrected chi connectivity index (χ0v) is 14.1. The van der Waals surface area contributed by atoms with Gasteiger partial charge in [-0.25, -0.2) is 8.42 Å². The number of benzene rings is 2. The minimum atomic E-state index is -4.05. The van der Waals surface area contributed by atoms with E-state index in [0.717, 1.165) is 22.0 Å². The lowest BCUT2D eigenvalue weighted by molar-refractivity contribution is -0.387. The van der Waals surface area contributed by atoms with E-state index >= 15 is 0 Å².